The van der Waals surface area contributed by atoms with E-state index in [2.05, 4.69) is 15.5 Å². The number of carbonyl (C=O) groups excluding carboxylic acids is 4. The summed E-state index contributed by atoms with van der Waals surface area (Å²) in [5.41, 5.74) is 2.13. The first kappa shape index (κ1) is 22.7. The van der Waals surface area contributed by atoms with E-state index in [0.29, 0.717) is 5.01 Å². The number of nitrogens with zero attached hydrogens (tertiary/aromatic N) is 1. The van der Waals surface area contributed by atoms with Crippen molar-refractivity contribution in [1.82, 2.24) is 15.8 Å². The van der Waals surface area contributed by atoms with Crippen molar-refractivity contribution in [3.05, 3.63) is 35.9 Å². The van der Waals surface area contributed by atoms with Crippen LogP contribution in [0.15, 0.2) is 30.3 Å². The molecule has 154 valence electrons. The Kier molecular flexibility index (Phi) is 8.73. The molecule has 1 aromatic rings. The second-order valence-electron chi connectivity index (χ2n) is 6.58. The van der Waals surface area contributed by atoms with E-state index in [1.165, 1.54) is 0 Å². The van der Waals surface area contributed by atoms with Crippen molar-refractivity contribution < 1.29 is 33.4 Å². The Morgan fingerprint density at radius 2 is 1.68 bits per heavy atom. The molecule has 0 atom stereocenters. The molecule has 0 fully saturated rings. The smallest absolute Gasteiger partial charge is 0.426 e. The zero-order valence-electron chi connectivity index (χ0n) is 16.3. The second kappa shape index (κ2) is 10.8. The first-order valence-corrected chi connectivity index (χ1v) is 8.42. The summed E-state index contributed by atoms with van der Waals surface area (Å²) >= 11 is 0. The van der Waals surface area contributed by atoms with Crippen LogP contribution in [0.4, 0.5) is 9.59 Å². The van der Waals surface area contributed by atoms with Gasteiger partial charge in [-0.15, -0.1) is 0 Å². The molecule has 28 heavy (non-hydrogen) atoms. The third kappa shape index (κ3) is 9.41. The average molecular weight is 395 g/mol. The minimum Gasteiger partial charge on any atom is -0.468 e. The zero-order valence-corrected chi connectivity index (χ0v) is 16.3. The highest BCUT2D eigenvalue weighted by atomic mass is 16.6. The number of esters is 1. The molecule has 0 aliphatic heterocycles. The van der Waals surface area contributed by atoms with Gasteiger partial charge in [-0.2, -0.15) is 0 Å². The molecule has 10 nitrogen and oxygen atoms in total. The predicted molar refractivity (Wildman–Crippen MR) is 97.7 cm³/mol. The molecule has 0 heterocycles. The Morgan fingerprint density at radius 3 is 2.25 bits per heavy atom. The van der Waals surface area contributed by atoms with Gasteiger partial charge >= 0.3 is 18.2 Å². The fourth-order valence-electron chi connectivity index (χ4n) is 1.81. The van der Waals surface area contributed by atoms with E-state index >= 15 is 0 Å². The molecule has 0 aliphatic rings. The van der Waals surface area contributed by atoms with Gasteiger partial charge in [0.05, 0.1) is 7.11 Å². The predicted octanol–water partition coefficient (Wildman–Crippen LogP) is 1.35. The normalized spacial score (nSPS) is 10.4. The van der Waals surface area contributed by atoms with Gasteiger partial charge in [-0.25, -0.2) is 20.0 Å². The van der Waals surface area contributed by atoms with Gasteiger partial charge < -0.3 is 19.5 Å². The Hall–Kier alpha value is -3.30. The maximum atomic E-state index is 12.3. The molecule has 0 unspecified atom stereocenters. The summed E-state index contributed by atoms with van der Waals surface area (Å²) < 4.78 is 14.5. The largest absolute Gasteiger partial charge is 0.468 e. The molecule has 10 heteroatoms. The first-order valence-electron chi connectivity index (χ1n) is 8.42. The second-order valence-corrected chi connectivity index (χ2v) is 6.58. The summed E-state index contributed by atoms with van der Waals surface area (Å²) in [6.07, 6.45) is -1.76. The highest BCUT2D eigenvalue weighted by Crippen LogP contribution is 2.06. The lowest BCUT2D eigenvalue weighted by atomic mass is 10.2. The van der Waals surface area contributed by atoms with Crippen molar-refractivity contribution in [2.75, 3.05) is 20.2 Å². The first-order chi connectivity index (χ1) is 13.1. The molecule has 0 aromatic heterocycles. The van der Waals surface area contributed by atoms with Crippen LogP contribution in [0, 0.1) is 0 Å². The number of benzene rings is 1. The van der Waals surface area contributed by atoms with Crippen LogP contribution in [0.3, 0.4) is 0 Å². The maximum Gasteiger partial charge on any atom is 0.426 e. The van der Waals surface area contributed by atoms with Crippen LogP contribution in [0.5, 0.6) is 0 Å². The van der Waals surface area contributed by atoms with Crippen LogP contribution in [-0.2, 0) is 30.4 Å². The number of methoxy groups -OCH3 is 1. The van der Waals surface area contributed by atoms with Crippen LogP contribution in [0.25, 0.3) is 0 Å². The van der Waals surface area contributed by atoms with Crippen molar-refractivity contribution in [3.63, 3.8) is 0 Å². The average Bonchev–Trinajstić information content (AvgIpc) is 2.63. The van der Waals surface area contributed by atoms with Crippen LogP contribution in [0.2, 0.25) is 0 Å². The van der Waals surface area contributed by atoms with E-state index in [1.807, 2.05) is 6.07 Å². The molecule has 0 spiro atoms. The molecule has 1 rings (SSSR count). The monoisotopic (exact) mass is 395 g/mol. The Bertz CT molecular complexity index is 686. The maximum absolute atomic E-state index is 12.3. The number of hydrogen-bond acceptors (Lipinski definition) is 7. The van der Waals surface area contributed by atoms with Gasteiger partial charge in [-0.3, -0.25) is 9.59 Å². The highest BCUT2D eigenvalue weighted by Gasteiger charge is 2.24. The van der Waals surface area contributed by atoms with Gasteiger partial charge in [0.2, 0.25) is 0 Å². The lowest BCUT2D eigenvalue weighted by Gasteiger charge is -2.25. The highest BCUT2D eigenvalue weighted by molar-refractivity contribution is 5.87. The van der Waals surface area contributed by atoms with Crippen LogP contribution in [0.1, 0.15) is 26.3 Å². The van der Waals surface area contributed by atoms with Crippen LogP contribution < -0.4 is 10.7 Å². The molecule has 0 saturated heterocycles. The topological polar surface area (TPSA) is 123 Å². The van der Waals surface area contributed by atoms with Crippen molar-refractivity contribution in [3.8, 4) is 0 Å². The quantitative estimate of drug-likeness (QED) is 0.423. The number of hydrogen-bond donors (Lipinski definition) is 2. The Balaban J connectivity index is 2.56. The van der Waals surface area contributed by atoms with E-state index in [4.69, 9.17) is 9.47 Å². The Morgan fingerprint density at radius 1 is 1.04 bits per heavy atom. The van der Waals surface area contributed by atoms with Crippen molar-refractivity contribution >= 4 is 24.1 Å². The number of hydrazine groups is 1. The van der Waals surface area contributed by atoms with E-state index in [9.17, 15) is 19.2 Å². The molecule has 0 aliphatic carbocycles. The summed E-state index contributed by atoms with van der Waals surface area (Å²) in [5, 5.41) is 2.94. The fourth-order valence-corrected chi connectivity index (χ4v) is 1.81. The zero-order chi connectivity index (χ0) is 21.2. The minimum atomic E-state index is -0.934. The van der Waals surface area contributed by atoms with E-state index in [-0.39, 0.29) is 6.61 Å². The van der Waals surface area contributed by atoms with Gasteiger partial charge in [0, 0.05) is 0 Å². The molecule has 1 aromatic carbocycles. The molecular weight excluding hydrogens is 370 g/mol. The van der Waals surface area contributed by atoms with Crippen LogP contribution >= 0.6 is 0 Å². The van der Waals surface area contributed by atoms with Crippen molar-refractivity contribution in [2.45, 2.75) is 33.0 Å². The lowest BCUT2D eigenvalue weighted by molar-refractivity contribution is -0.148. The number of ether oxygens (including phenoxy) is 3. The van der Waals surface area contributed by atoms with Gasteiger partial charge in [-0.05, 0) is 26.3 Å². The minimum absolute atomic E-state index is 0.0307. The number of alkyl carbamates (subject to hydrolysis) is 1. The third-order valence-corrected chi connectivity index (χ3v) is 3.04. The molecule has 0 radical (unpaired) electrons. The number of amides is 3. The van der Waals surface area contributed by atoms with Crippen molar-refractivity contribution in [2.24, 2.45) is 0 Å². The van der Waals surface area contributed by atoms with Gasteiger partial charge in [0.25, 0.3) is 5.91 Å². The standard InChI is InChI=1S/C18H25N3O7/c1-18(2,3)28-17(25)20-21(11-15(23)26-4)14(22)10-19-16(24)27-12-13-8-6-5-7-9-13/h5-9H,10-12H2,1-4H3,(H,19,24)(H,20,25). The van der Waals surface area contributed by atoms with Crippen LogP contribution in [-0.4, -0.2) is 54.9 Å². The Labute approximate surface area is 163 Å². The fraction of sp³-hybridized carbons (Fsp3) is 0.444. The van der Waals surface area contributed by atoms with Gasteiger partial charge in [0.15, 0.2) is 0 Å². The molecular formula is C18H25N3O7. The van der Waals surface area contributed by atoms with Gasteiger partial charge in [0.1, 0.15) is 25.3 Å². The number of rotatable bonds is 6. The summed E-state index contributed by atoms with van der Waals surface area (Å²) in [6.45, 7) is 3.88. The van der Waals surface area contributed by atoms with E-state index < -0.39 is 42.8 Å². The lowest BCUT2D eigenvalue weighted by Crippen LogP contribution is -2.53. The van der Waals surface area contributed by atoms with Gasteiger partial charge in [-0.1, -0.05) is 30.3 Å². The molecule has 3 amide bonds. The molecule has 0 bridgehead atoms. The third-order valence-electron chi connectivity index (χ3n) is 3.04. The van der Waals surface area contributed by atoms with E-state index in [0.717, 1.165) is 12.7 Å². The van der Waals surface area contributed by atoms with E-state index in [1.54, 1.807) is 45.0 Å². The number of carbonyl (C=O) groups is 4. The summed E-state index contributed by atoms with van der Waals surface area (Å²) in [7, 11) is 1.14. The summed E-state index contributed by atoms with van der Waals surface area (Å²) in [6, 6.07) is 8.98. The summed E-state index contributed by atoms with van der Waals surface area (Å²) in [5.74, 6) is -1.54. The molecule has 2 N–H and O–H groups in total. The summed E-state index contributed by atoms with van der Waals surface area (Å²) in [4.78, 5) is 47.3. The molecule has 0 saturated carbocycles. The number of nitrogens with one attached hydrogen (secondary N) is 2. The SMILES string of the molecule is COC(=O)CN(NC(=O)OC(C)(C)C)C(=O)CNC(=O)OCc1ccccc1. The van der Waals surface area contributed by atoms with Crippen molar-refractivity contribution in [1.29, 1.82) is 0 Å².